The lowest BCUT2D eigenvalue weighted by Crippen LogP contribution is -2.12. The second-order valence-electron chi connectivity index (χ2n) is 7.47. The molecule has 0 aliphatic carbocycles. The Kier molecular flexibility index (Phi) is 4.40. The molecule has 0 radical (unpaired) electrons. The molecule has 0 spiro atoms. The van der Waals surface area contributed by atoms with Crippen LogP contribution in [0.3, 0.4) is 0 Å². The minimum absolute atomic E-state index is 0.271. The molecule has 8 nitrogen and oxygen atoms in total. The number of anilines is 1. The molecule has 1 amide bonds. The average molecular weight is 431 g/mol. The average Bonchev–Trinajstić information content (AvgIpc) is 3.49. The predicted molar refractivity (Wildman–Crippen MR) is 125 cm³/mol. The molecule has 0 aliphatic rings. The highest BCUT2D eigenvalue weighted by Gasteiger charge is 2.16. The first-order chi connectivity index (χ1) is 16.3. The Bertz CT molecular complexity index is 1570. The first kappa shape index (κ1) is 18.9. The summed E-state index contributed by atoms with van der Waals surface area (Å²) in [7, 11) is 0. The molecule has 158 valence electrons. The van der Waals surface area contributed by atoms with E-state index in [0.29, 0.717) is 22.7 Å². The van der Waals surface area contributed by atoms with Crippen LogP contribution in [-0.4, -0.2) is 34.9 Å². The van der Waals surface area contributed by atoms with Crippen molar-refractivity contribution in [2.24, 2.45) is 0 Å². The molecule has 0 saturated carbocycles. The van der Waals surface area contributed by atoms with E-state index in [2.05, 4.69) is 25.4 Å². The SMILES string of the molecule is O=C(Nc1ccc(-c2cn3cccnc3n2)cc1)c1cnn2c(-c3ccccc3)ccnc12. The third kappa shape index (κ3) is 3.39. The molecular weight excluding hydrogens is 414 g/mol. The Morgan fingerprint density at radius 1 is 0.848 bits per heavy atom. The molecule has 4 aromatic heterocycles. The smallest absolute Gasteiger partial charge is 0.261 e. The summed E-state index contributed by atoms with van der Waals surface area (Å²) in [5.74, 6) is 0.368. The van der Waals surface area contributed by atoms with Gasteiger partial charge in [-0.1, -0.05) is 42.5 Å². The summed E-state index contributed by atoms with van der Waals surface area (Å²) in [6.45, 7) is 0. The molecule has 1 N–H and O–H groups in total. The second-order valence-corrected chi connectivity index (χ2v) is 7.47. The van der Waals surface area contributed by atoms with Gasteiger partial charge in [0.2, 0.25) is 5.78 Å². The number of nitrogens with one attached hydrogen (secondary N) is 1. The molecule has 0 bridgehead atoms. The van der Waals surface area contributed by atoms with Gasteiger partial charge in [0, 0.05) is 41.6 Å². The largest absolute Gasteiger partial charge is 0.322 e. The van der Waals surface area contributed by atoms with Crippen molar-refractivity contribution in [3.05, 3.63) is 103 Å². The number of hydrogen-bond donors (Lipinski definition) is 1. The van der Waals surface area contributed by atoms with Crippen molar-refractivity contribution >= 4 is 23.0 Å². The number of aromatic nitrogens is 6. The van der Waals surface area contributed by atoms with E-state index in [1.165, 1.54) is 0 Å². The number of benzene rings is 2. The number of rotatable bonds is 4. The summed E-state index contributed by atoms with van der Waals surface area (Å²) in [4.78, 5) is 26.1. The van der Waals surface area contributed by atoms with Crippen molar-refractivity contribution in [2.75, 3.05) is 5.32 Å². The van der Waals surface area contributed by atoms with Gasteiger partial charge in [-0.2, -0.15) is 5.10 Å². The van der Waals surface area contributed by atoms with Crippen LogP contribution in [0, 0.1) is 0 Å². The van der Waals surface area contributed by atoms with E-state index in [1.807, 2.05) is 83.5 Å². The van der Waals surface area contributed by atoms with Gasteiger partial charge >= 0.3 is 0 Å². The van der Waals surface area contributed by atoms with E-state index in [1.54, 1.807) is 23.1 Å². The Hall–Kier alpha value is -4.85. The topological polar surface area (TPSA) is 89.5 Å². The monoisotopic (exact) mass is 431 g/mol. The van der Waals surface area contributed by atoms with E-state index < -0.39 is 0 Å². The van der Waals surface area contributed by atoms with Crippen molar-refractivity contribution in [2.45, 2.75) is 0 Å². The molecule has 0 fully saturated rings. The lowest BCUT2D eigenvalue weighted by atomic mass is 10.1. The molecule has 0 aliphatic heterocycles. The van der Waals surface area contributed by atoms with Crippen molar-refractivity contribution < 1.29 is 4.79 Å². The second kappa shape index (κ2) is 7.69. The molecule has 0 unspecified atom stereocenters. The van der Waals surface area contributed by atoms with Gasteiger partial charge in [-0.15, -0.1) is 0 Å². The molecule has 8 heteroatoms. The molecule has 0 atom stereocenters. The van der Waals surface area contributed by atoms with E-state index in [9.17, 15) is 4.79 Å². The van der Waals surface area contributed by atoms with Gasteiger partial charge in [0.15, 0.2) is 5.65 Å². The maximum atomic E-state index is 13.0. The normalized spacial score (nSPS) is 11.2. The summed E-state index contributed by atoms with van der Waals surface area (Å²) in [5, 5.41) is 7.34. The zero-order valence-electron chi connectivity index (χ0n) is 17.3. The summed E-state index contributed by atoms with van der Waals surface area (Å²) < 4.78 is 3.55. The maximum Gasteiger partial charge on any atom is 0.261 e. The minimum Gasteiger partial charge on any atom is -0.322 e. The lowest BCUT2D eigenvalue weighted by Gasteiger charge is -2.06. The van der Waals surface area contributed by atoms with Crippen LogP contribution in [-0.2, 0) is 0 Å². The summed E-state index contributed by atoms with van der Waals surface area (Å²) in [6.07, 6.45) is 8.77. The molecular formula is C25H17N7O. The summed E-state index contributed by atoms with van der Waals surface area (Å²) in [6, 6.07) is 21.1. The highest BCUT2D eigenvalue weighted by molar-refractivity contribution is 6.08. The quantitative estimate of drug-likeness (QED) is 0.448. The van der Waals surface area contributed by atoms with Crippen molar-refractivity contribution in [3.63, 3.8) is 0 Å². The Morgan fingerprint density at radius 2 is 1.70 bits per heavy atom. The molecule has 33 heavy (non-hydrogen) atoms. The van der Waals surface area contributed by atoms with Crippen LogP contribution in [0.15, 0.2) is 97.7 Å². The number of carbonyl (C=O) groups excluding carboxylic acids is 1. The van der Waals surface area contributed by atoms with Crippen molar-refractivity contribution in [1.82, 2.24) is 29.0 Å². The van der Waals surface area contributed by atoms with E-state index in [-0.39, 0.29) is 5.91 Å². The predicted octanol–water partition coefficient (Wildman–Crippen LogP) is 4.36. The van der Waals surface area contributed by atoms with E-state index in [4.69, 9.17) is 0 Å². The third-order valence-corrected chi connectivity index (χ3v) is 5.39. The van der Waals surface area contributed by atoms with Crippen LogP contribution < -0.4 is 5.32 Å². The Balaban J connectivity index is 1.26. The number of nitrogens with zero attached hydrogens (tertiary/aromatic N) is 6. The third-order valence-electron chi connectivity index (χ3n) is 5.39. The summed E-state index contributed by atoms with van der Waals surface area (Å²) >= 11 is 0. The van der Waals surface area contributed by atoms with Gasteiger partial charge < -0.3 is 5.32 Å². The molecule has 4 heterocycles. The van der Waals surface area contributed by atoms with Gasteiger partial charge in [0.1, 0.15) is 5.56 Å². The zero-order chi connectivity index (χ0) is 22.2. The Morgan fingerprint density at radius 3 is 2.52 bits per heavy atom. The number of carbonyl (C=O) groups is 1. The number of hydrogen-bond acceptors (Lipinski definition) is 5. The first-order valence-corrected chi connectivity index (χ1v) is 10.4. The number of imidazole rings is 1. The molecule has 6 rings (SSSR count). The van der Waals surface area contributed by atoms with E-state index >= 15 is 0 Å². The van der Waals surface area contributed by atoms with Crippen molar-refractivity contribution in [3.8, 4) is 22.5 Å². The fraction of sp³-hybridized carbons (Fsp3) is 0. The van der Waals surface area contributed by atoms with Crippen LogP contribution in [0.1, 0.15) is 10.4 Å². The number of amides is 1. The van der Waals surface area contributed by atoms with Gasteiger partial charge in [-0.3, -0.25) is 9.20 Å². The van der Waals surface area contributed by atoms with Gasteiger partial charge in [-0.25, -0.2) is 19.5 Å². The standard InChI is InChI=1S/C25H17N7O/c33-24(20-15-28-32-22(11-13-26-23(20)32)18-5-2-1-3-6-18)29-19-9-7-17(8-10-19)21-16-31-14-4-12-27-25(31)30-21/h1-16H,(H,29,33). The summed E-state index contributed by atoms with van der Waals surface area (Å²) in [5.41, 5.74) is 5.19. The van der Waals surface area contributed by atoms with E-state index in [0.717, 1.165) is 22.5 Å². The first-order valence-electron chi connectivity index (χ1n) is 10.4. The highest BCUT2D eigenvalue weighted by atomic mass is 16.1. The van der Waals surface area contributed by atoms with Crippen LogP contribution >= 0.6 is 0 Å². The lowest BCUT2D eigenvalue weighted by molar-refractivity contribution is 0.102. The van der Waals surface area contributed by atoms with Gasteiger partial charge in [-0.05, 0) is 24.3 Å². The van der Waals surface area contributed by atoms with Crippen LogP contribution in [0.25, 0.3) is 33.9 Å². The Labute approximate surface area is 188 Å². The number of fused-ring (bicyclic) bond motifs is 2. The van der Waals surface area contributed by atoms with Crippen LogP contribution in [0.2, 0.25) is 0 Å². The molecule has 2 aromatic carbocycles. The minimum atomic E-state index is -0.271. The van der Waals surface area contributed by atoms with Crippen LogP contribution in [0.4, 0.5) is 5.69 Å². The maximum absolute atomic E-state index is 13.0. The highest BCUT2D eigenvalue weighted by Crippen LogP contribution is 2.23. The van der Waals surface area contributed by atoms with Crippen molar-refractivity contribution in [1.29, 1.82) is 0 Å². The molecule has 0 saturated heterocycles. The van der Waals surface area contributed by atoms with Gasteiger partial charge in [0.25, 0.3) is 5.91 Å². The fourth-order valence-electron chi connectivity index (χ4n) is 3.77. The molecule has 6 aromatic rings. The fourth-order valence-corrected chi connectivity index (χ4v) is 3.77. The van der Waals surface area contributed by atoms with Crippen LogP contribution in [0.5, 0.6) is 0 Å². The zero-order valence-corrected chi connectivity index (χ0v) is 17.3. The van der Waals surface area contributed by atoms with Gasteiger partial charge in [0.05, 0.1) is 17.6 Å².